The number of amides is 1. The summed E-state index contributed by atoms with van der Waals surface area (Å²) in [5.41, 5.74) is 0. The maximum absolute atomic E-state index is 11.2. The number of ether oxygens (including phenoxy) is 1. The van der Waals surface area contributed by atoms with E-state index in [-0.39, 0.29) is 11.9 Å². The first-order valence-corrected chi connectivity index (χ1v) is 4.72. The van der Waals surface area contributed by atoms with Gasteiger partial charge in [-0.1, -0.05) is 0 Å². The summed E-state index contributed by atoms with van der Waals surface area (Å²) in [5, 5.41) is 5.86. The predicted octanol–water partition coefficient (Wildman–Crippen LogP) is 0.137. The molecule has 0 aromatic carbocycles. The molecule has 0 aliphatic carbocycles. The molecule has 2 N–H and O–H groups in total. The van der Waals surface area contributed by atoms with Crippen molar-refractivity contribution in [3.05, 3.63) is 0 Å². The lowest BCUT2D eigenvalue weighted by molar-refractivity contribution is -0.122. The minimum Gasteiger partial charge on any atom is -0.385 e. The van der Waals surface area contributed by atoms with Crippen LogP contribution in [0.2, 0.25) is 0 Å². The molecule has 0 aromatic heterocycles. The number of hydrogen-bond donors (Lipinski definition) is 2. The van der Waals surface area contributed by atoms with E-state index in [1.165, 1.54) is 0 Å². The molecular formula is C9H20N2O2. The Morgan fingerprint density at radius 1 is 1.54 bits per heavy atom. The summed E-state index contributed by atoms with van der Waals surface area (Å²) in [6, 6.07) is -0.114. The molecule has 4 nitrogen and oxygen atoms in total. The van der Waals surface area contributed by atoms with E-state index in [1.54, 1.807) is 7.11 Å². The Bertz CT molecular complexity index is 140. The molecule has 13 heavy (non-hydrogen) atoms. The van der Waals surface area contributed by atoms with E-state index in [4.69, 9.17) is 4.74 Å². The second-order valence-electron chi connectivity index (χ2n) is 2.92. The standard InChI is InChI=1S/C9H20N2O2/c1-4-10-9(12)8(2)11-6-5-7-13-3/h8,11H,4-7H2,1-3H3,(H,10,12). The van der Waals surface area contributed by atoms with Gasteiger partial charge in [0.1, 0.15) is 0 Å². The van der Waals surface area contributed by atoms with E-state index < -0.39 is 0 Å². The third-order valence-electron chi connectivity index (χ3n) is 1.72. The van der Waals surface area contributed by atoms with Crippen LogP contribution in [-0.4, -0.2) is 38.8 Å². The van der Waals surface area contributed by atoms with Gasteiger partial charge >= 0.3 is 0 Å². The van der Waals surface area contributed by atoms with Gasteiger partial charge in [-0.15, -0.1) is 0 Å². The van der Waals surface area contributed by atoms with Crippen LogP contribution in [0.3, 0.4) is 0 Å². The largest absolute Gasteiger partial charge is 0.385 e. The summed E-state index contributed by atoms with van der Waals surface area (Å²) in [7, 11) is 1.67. The Hall–Kier alpha value is -0.610. The third-order valence-corrected chi connectivity index (χ3v) is 1.72. The van der Waals surface area contributed by atoms with Gasteiger partial charge in [-0.05, 0) is 26.8 Å². The predicted molar refractivity (Wildman–Crippen MR) is 52.6 cm³/mol. The van der Waals surface area contributed by atoms with Crippen LogP contribution < -0.4 is 10.6 Å². The molecule has 0 bridgehead atoms. The molecule has 0 radical (unpaired) electrons. The zero-order chi connectivity index (χ0) is 10.1. The van der Waals surface area contributed by atoms with Gasteiger partial charge in [-0.2, -0.15) is 0 Å². The Labute approximate surface area is 80.0 Å². The van der Waals surface area contributed by atoms with Gasteiger partial charge in [0.25, 0.3) is 0 Å². The molecule has 1 amide bonds. The summed E-state index contributed by atoms with van der Waals surface area (Å²) in [5.74, 6) is 0.0555. The normalized spacial score (nSPS) is 12.5. The molecule has 0 fully saturated rings. The van der Waals surface area contributed by atoms with E-state index in [2.05, 4.69) is 10.6 Å². The number of carbonyl (C=O) groups excluding carboxylic acids is 1. The fraction of sp³-hybridized carbons (Fsp3) is 0.889. The molecule has 0 spiro atoms. The van der Waals surface area contributed by atoms with Crippen molar-refractivity contribution in [2.75, 3.05) is 26.8 Å². The van der Waals surface area contributed by atoms with Gasteiger partial charge in [0, 0.05) is 20.3 Å². The number of carbonyl (C=O) groups is 1. The maximum Gasteiger partial charge on any atom is 0.236 e. The van der Waals surface area contributed by atoms with Gasteiger partial charge in [0.05, 0.1) is 6.04 Å². The zero-order valence-corrected chi connectivity index (χ0v) is 8.72. The van der Waals surface area contributed by atoms with Gasteiger partial charge in [-0.25, -0.2) is 0 Å². The first kappa shape index (κ1) is 12.4. The number of likely N-dealkylation sites (N-methyl/N-ethyl adjacent to an activating group) is 1. The van der Waals surface area contributed by atoms with Crippen LogP contribution in [0.25, 0.3) is 0 Å². The van der Waals surface area contributed by atoms with Crippen LogP contribution in [0.5, 0.6) is 0 Å². The van der Waals surface area contributed by atoms with Gasteiger partial charge in [-0.3, -0.25) is 4.79 Å². The molecule has 0 saturated heterocycles. The number of rotatable bonds is 7. The molecule has 0 aliphatic heterocycles. The summed E-state index contributed by atoms with van der Waals surface area (Å²) in [6.45, 7) is 6.00. The van der Waals surface area contributed by atoms with Crippen molar-refractivity contribution in [2.24, 2.45) is 0 Å². The Morgan fingerprint density at radius 2 is 2.23 bits per heavy atom. The zero-order valence-electron chi connectivity index (χ0n) is 8.72. The van der Waals surface area contributed by atoms with Crippen LogP contribution in [0.4, 0.5) is 0 Å². The topological polar surface area (TPSA) is 50.4 Å². The first-order valence-electron chi connectivity index (χ1n) is 4.72. The van der Waals surface area contributed by atoms with Crippen molar-refractivity contribution in [1.29, 1.82) is 0 Å². The molecular weight excluding hydrogens is 168 g/mol. The van der Waals surface area contributed by atoms with Crippen molar-refractivity contribution in [3.8, 4) is 0 Å². The maximum atomic E-state index is 11.2. The third kappa shape index (κ3) is 6.54. The van der Waals surface area contributed by atoms with E-state index in [1.807, 2.05) is 13.8 Å². The SMILES string of the molecule is CCNC(=O)C(C)NCCCOC. The fourth-order valence-electron chi connectivity index (χ4n) is 0.955. The second kappa shape index (κ2) is 8.01. The lowest BCUT2D eigenvalue weighted by Gasteiger charge is -2.12. The number of nitrogens with one attached hydrogen (secondary N) is 2. The van der Waals surface area contributed by atoms with E-state index in [0.29, 0.717) is 6.54 Å². The van der Waals surface area contributed by atoms with Crippen LogP contribution in [0.1, 0.15) is 20.3 Å². The van der Waals surface area contributed by atoms with E-state index >= 15 is 0 Å². The van der Waals surface area contributed by atoms with Crippen LogP contribution in [-0.2, 0) is 9.53 Å². The number of hydrogen-bond acceptors (Lipinski definition) is 3. The monoisotopic (exact) mass is 188 g/mol. The summed E-state index contributed by atoms with van der Waals surface area (Å²) in [4.78, 5) is 11.2. The molecule has 4 heteroatoms. The highest BCUT2D eigenvalue weighted by Crippen LogP contribution is 1.83. The molecule has 1 atom stereocenters. The van der Waals surface area contributed by atoms with E-state index in [9.17, 15) is 4.79 Å². The van der Waals surface area contributed by atoms with Crippen LogP contribution in [0, 0.1) is 0 Å². The Kier molecular flexibility index (Phi) is 7.63. The quantitative estimate of drug-likeness (QED) is 0.559. The van der Waals surface area contributed by atoms with Gasteiger partial charge < -0.3 is 15.4 Å². The first-order chi connectivity index (χ1) is 6.22. The Morgan fingerprint density at radius 3 is 2.77 bits per heavy atom. The minimum absolute atomic E-state index is 0.0555. The number of methoxy groups -OCH3 is 1. The van der Waals surface area contributed by atoms with Crippen molar-refractivity contribution in [3.63, 3.8) is 0 Å². The smallest absolute Gasteiger partial charge is 0.236 e. The molecule has 0 rings (SSSR count). The van der Waals surface area contributed by atoms with Crippen molar-refractivity contribution in [1.82, 2.24) is 10.6 Å². The lowest BCUT2D eigenvalue weighted by atomic mass is 10.3. The average molecular weight is 188 g/mol. The molecule has 0 aromatic rings. The minimum atomic E-state index is -0.114. The average Bonchev–Trinajstić information content (AvgIpc) is 2.12. The van der Waals surface area contributed by atoms with Gasteiger partial charge in [0.2, 0.25) is 5.91 Å². The van der Waals surface area contributed by atoms with Crippen LogP contribution in [0.15, 0.2) is 0 Å². The molecule has 0 aliphatic rings. The highest BCUT2D eigenvalue weighted by molar-refractivity contribution is 5.81. The van der Waals surface area contributed by atoms with Crippen molar-refractivity contribution < 1.29 is 9.53 Å². The molecule has 1 unspecified atom stereocenters. The van der Waals surface area contributed by atoms with Gasteiger partial charge in [0.15, 0.2) is 0 Å². The highest BCUT2D eigenvalue weighted by atomic mass is 16.5. The van der Waals surface area contributed by atoms with Crippen molar-refractivity contribution >= 4 is 5.91 Å². The summed E-state index contributed by atoms with van der Waals surface area (Å²) in [6.07, 6.45) is 0.931. The van der Waals surface area contributed by atoms with Crippen molar-refractivity contribution in [2.45, 2.75) is 26.3 Å². The lowest BCUT2D eigenvalue weighted by Crippen LogP contribution is -2.42. The molecule has 78 valence electrons. The van der Waals surface area contributed by atoms with E-state index in [0.717, 1.165) is 19.6 Å². The summed E-state index contributed by atoms with van der Waals surface area (Å²) >= 11 is 0. The highest BCUT2D eigenvalue weighted by Gasteiger charge is 2.09. The second-order valence-corrected chi connectivity index (χ2v) is 2.92. The summed E-state index contributed by atoms with van der Waals surface area (Å²) < 4.78 is 4.89. The molecule has 0 saturated carbocycles. The Balaban J connectivity index is 3.38. The fourth-order valence-corrected chi connectivity index (χ4v) is 0.955. The molecule has 0 heterocycles. The van der Waals surface area contributed by atoms with Crippen LogP contribution >= 0.6 is 0 Å².